The summed E-state index contributed by atoms with van der Waals surface area (Å²) < 4.78 is 5.06. The summed E-state index contributed by atoms with van der Waals surface area (Å²) in [4.78, 5) is 33.4. The Labute approximate surface area is 173 Å². The molecule has 1 saturated carbocycles. The summed E-state index contributed by atoms with van der Waals surface area (Å²) in [6, 6.07) is 4.05. The van der Waals surface area contributed by atoms with Crippen LogP contribution in [0.15, 0.2) is 24.5 Å². The average molecular weight is 403 g/mol. The Hall–Kier alpha value is -1.99. The molecule has 0 aromatic carbocycles. The Morgan fingerprint density at radius 3 is 2.34 bits per heavy atom. The summed E-state index contributed by atoms with van der Waals surface area (Å²) in [5.74, 6) is -0.785. The second-order valence-electron chi connectivity index (χ2n) is 8.87. The smallest absolute Gasteiger partial charge is 0.335 e. The minimum absolute atomic E-state index is 0.374. The van der Waals surface area contributed by atoms with Crippen molar-refractivity contribution < 1.29 is 14.3 Å². The zero-order valence-corrected chi connectivity index (χ0v) is 17.9. The van der Waals surface area contributed by atoms with Gasteiger partial charge >= 0.3 is 11.9 Å². The minimum atomic E-state index is -1.17. The van der Waals surface area contributed by atoms with Gasteiger partial charge in [-0.25, -0.2) is 4.79 Å². The molecule has 160 valence electrons. The van der Waals surface area contributed by atoms with Crippen molar-refractivity contribution in [3.63, 3.8) is 0 Å². The van der Waals surface area contributed by atoms with Gasteiger partial charge in [0.15, 0.2) is 0 Å². The molecule has 2 unspecified atom stereocenters. The molecule has 3 rings (SSSR count). The van der Waals surface area contributed by atoms with E-state index in [-0.39, 0.29) is 0 Å². The lowest BCUT2D eigenvalue weighted by Gasteiger charge is -2.58. The van der Waals surface area contributed by atoms with Gasteiger partial charge in [0, 0.05) is 51.2 Å². The molecule has 0 radical (unpaired) electrons. The van der Waals surface area contributed by atoms with Crippen LogP contribution < -0.4 is 10.6 Å². The lowest BCUT2D eigenvalue weighted by molar-refractivity contribution is -0.170. The molecule has 2 atom stereocenters. The first-order valence-corrected chi connectivity index (χ1v) is 10.7. The number of carbonyl (C=O) groups is 2. The first kappa shape index (κ1) is 21.7. The highest BCUT2D eigenvalue weighted by Gasteiger charge is 2.59. The molecule has 7 heteroatoms. The number of piperazine rings is 1. The van der Waals surface area contributed by atoms with Crippen molar-refractivity contribution in [2.45, 2.75) is 64.0 Å². The van der Waals surface area contributed by atoms with Crippen molar-refractivity contribution in [3.8, 4) is 0 Å². The van der Waals surface area contributed by atoms with Gasteiger partial charge in [0.25, 0.3) is 0 Å². The molecule has 1 saturated heterocycles. The number of hydrogen-bond acceptors (Lipinski definition) is 7. The number of anilines is 1. The van der Waals surface area contributed by atoms with Gasteiger partial charge in [-0.05, 0) is 37.3 Å². The van der Waals surface area contributed by atoms with Crippen LogP contribution in [0.2, 0.25) is 0 Å². The quantitative estimate of drug-likeness (QED) is 0.597. The van der Waals surface area contributed by atoms with Gasteiger partial charge in [0.1, 0.15) is 5.54 Å². The first-order valence-electron chi connectivity index (χ1n) is 10.7. The lowest BCUT2D eigenvalue weighted by Crippen LogP contribution is -2.75. The van der Waals surface area contributed by atoms with E-state index in [2.05, 4.69) is 28.6 Å². The minimum Gasteiger partial charge on any atom is -0.392 e. The Morgan fingerprint density at radius 1 is 1.14 bits per heavy atom. The predicted molar refractivity (Wildman–Crippen MR) is 112 cm³/mol. The van der Waals surface area contributed by atoms with Gasteiger partial charge in [0.2, 0.25) is 0 Å². The van der Waals surface area contributed by atoms with Crippen molar-refractivity contribution in [3.05, 3.63) is 24.5 Å². The highest BCUT2D eigenvalue weighted by Crippen LogP contribution is 2.45. The van der Waals surface area contributed by atoms with Gasteiger partial charge in [-0.15, -0.1) is 0 Å². The van der Waals surface area contributed by atoms with Crippen LogP contribution in [-0.4, -0.2) is 59.1 Å². The van der Waals surface area contributed by atoms with Crippen molar-refractivity contribution in [2.24, 2.45) is 11.7 Å². The number of nitrogens with zero attached hydrogens (tertiary/aromatic N) is 3. The largest absolute Gasteiger partial charge is 0.392 e. The molecule has 29 heavy (non-hydrogen) atoms. The van der Waals surface area contributed by atoms with Crippen LogP contribution in [0.1, 0.15) is 52.9 Å². The molecule has 2 aliphatic rings. The number of esters is 2. The standard InChI is InChI=1S/C22H34N4O3/c1-17(2)16-21(8-4-5-9-22(21,23)20(28)29-18(3)27)26-14-12-25(13-15-26)19-6-10-24-11-7-19/h6-7,10-11,17H,4-5,8-9,12-16,23H2,1-3H3. The van der Waals surface area contributed by atoms with Crippen LogP contribution in [0, 0.1) is 5.92 Å². The van der Waals surface area contributed by atoms with E-state index >= 15 is 0 Å². The topological polar surface area (TPSA) is 88.8 Å². The third-order valence-corrected chi connectivity index (χ3v) is 6.50. The van der Waals surface area contributed by atoms with Crippen LogP contribution in [-0.2, 0) is 14.3 Å². The lowest BCUT2D eigenvalue weighted by atomic mass is 9.62. The van der Waals surface area contributed by atoms with Crippen molar-refractivity contribution in [1.82, 2.24) is 9.88 Å². The van der Waals surface area contributed by atoms with Crippen LogP contribution in [0.4, 0.5) is 5.69 Å². The Kier molecular flexibility index (Phi) is 6.58. The molecule has 2 N–H and O–H groups in total. The van der Waals surface area contributed by atoms with Gasteiger partial charge in [0.05, 0.1) is 5.54 Å². The molecular weight excluding hydrogens is 368 g/mol. The fraction of sp³-hybridized carbons (Fsp3) is 0.682. The monoisotopic (exact) mass is 402 g/mol. The highest BCUT2D eigenvalue weighted by molar-refractivity contribution is 5.91. The van der Waals surface area contributed by atoms with Crippen LogP contribution in [0.3, 0.4) is 0 Å². The van der Waals surface area contributed by atoms with E-state index in [0.29, 0.717) is 12.3 Å². The molecule has 2 fully saturated rings. The fourth-order valence-electron chi connectivity index (χ4n) is 5.27. The van der Waals surface area contributed by atoms with Gasteiger partial charge in [-0.2, -0.15) is 0 Å². The van der Waals surface area contributed by atoms with Crippen LogP contribution >= 0.6 is 0 Å². The van der Waals surface area contributed by atoms with E-state index in [1.807, 2.05) is 24.5 Å². The second kappa shape index (κ2) is 8.79. The molecule has 0 spiro atoms. The van der Waals surface area contributed by atoms with Crippen molar-refractivity contribution in [1.29, 1.82) is 0 Å². The number of carbonyl (C=O) groups excluding carboxylic acids is 2. The maximum Gasteiger partial charge on any atom is 0.335 e. The van der Waals surface area contributed by atoms with Crippen molar-refractivity contribution in [2.75, 3.05) is 31.1 Å². The SMILES string of the molecule is CC(=O)OC(=O)C1(N)CCCCC1(CC(C)C)N1CCN(c2ccncc2)CC1. The third kappa shape index (κ3) is 4.31. The molecule has 0 bridgehead atoms. The number of rotatable bonds is 5. The average Bonchev–Trinajstić information content (AvgIpc) is 2.70. The Balaban J connectivity index is 1.87. The molecule has 2 heterocycles. The van der Waals surface area contributed by atoms with E-state index in [1.54, 1.807) is 0 Å². The summed E-state index contributed by atoms with van der Waals surface area (Å²) in [7, 11) is 0. The number of nitrogens with two attached hydrogens (primary N) is 1. The van der Waals surface area contributed by atoms with Crippen molar-refractivity contribution >= 4 is 17.6 Å². The molecule has 1 aromatic heterocycles. The number of hydrogen-bond donors (Lipinski definition) is 1. The summed E-state index contributed by atoms with van der Waals surface area (Å²) in [6.45, 7) is 8.97. The van der Waals surface area contributed by atoms with E-state index in [9.17, 15) is 9.59 Å². The molecule has 0 amide bonds. The third-order valence-electron chi connectivity index (χ3n) is 6.50. The molecule has 1 aromatic rings. The van der Waals surface area contributed by atoms with Gasteiger partial charge < -0.3 is 15.4 Å². The molecule has 7 nitrogen and oxygen atoms in total. The summed E-state index contributed by atoms with van der Waals surface area (Å²) in [5, 5.41) is 0. The highest BCUT2D eigenvalue weighted by atomic mass is 16.6. The maximum absolute atomic E-state index is 13.0. The molecule has 1 aliphatic carbocycles. The predicted octanol–water partition coefficient (Wildman–Crippen LogP) is 2.35. The second-order valence-corrected chi connectivity index (χ2v) is 8.87. The zero-order valence-electron chi connectivity index (χ0n) is 17.9. The normalized spacial score (nSPS) is 28.4. The number of pyridine rings is 1. The van der Waals surface area contributed by atoms with E-state index in [1.165, 1.54) is 6.92 Å². The van der Waals surface area contributed by atoms with E-state index < -0.39 is 23.0 Å². The maximum atomic E-state index is 13.0. The number of ether oxygens (including phenoxy) is 1. The number of aromatic nitrogens is 1. The van der Waals surface area contributed by atoms with E-state index in [0.717, 1.165) is 57.5 Å². The first-order chi connectivity index (χ1) is 13.8. The summed E-state index contributed by atoms with van der Waals surface area (Å²) in [5.41, 5.74) is 6.37. The van der Waals surface area contributed by atoms with E-state index in [4.69, 9.17) is 10.5 Å². The fourth-order valence-corrected chi connectivity index (χ4v) is 5.27. The zero-order chi connectivity index (χ0) is 21.1. The van der Waals surface area contributed by atoms with Crippen LogP contribution in [0.5, 0.6) is 0 Å². The van der Waals surface area contributed by atoms with Crippen LogP contribution in [0.25, 0.3) is 0 Å². The molecule has 1 aliphatic heterocycles. The Bertz CT molecular complexity index is 718. The summed E-state index contributed by atoms with van der Waals surface area (Å²) in [6.07, 6.45) is 7.74. The molecular formula is C22H34N4O3. The van der Waals surface area contributed by atoms with Gasteiger partial charge in [-0.3, -0.25) is 14.7 Å². The van der Waals surface area contributed by atoms with Gasteiger partial charge in [-0.1, -0.05) is 26.7 Å². The summed E-state index contributed by atoms with van der Waals surface area (Å²) >= 11 is 0. The Morgan fingerprint density at radius 2 is 1.76 bits per heavy atom.